The van der Waals surface area contributed by atoms with Gasteiger partial charge in [0.05, 0.1) is 7.11 Å². The Hall–Kier alpha value is -1.94. The van der Waals surface area contributed by atoms with Crippen LogP contribution in [0.2, 0.25) is 0 Å². The van der Waals surface area contributed by atoms with Crippen molar-refractivity contribution >= 4 is 0 Å². The van der Waals surface area contributed by atoms with Gasteiger partial charge < -0.3 is 10.1 Å². The molecular weight excluding hydrogens is 272 g/mol. The fraction of sp³-hybridized carbons (Fsp3) is 0.294. The molecule has 4 heteroatoms. The molecule has 0 aliphatic heterocycles. The first-order chi connectivity index (χ1) is 10.0. The Labute approximate surface area is 123 Å². The van der Waals surface area contributed by atoms with E-state index < -0.39 is 5.82 Å². The van der Waals surface area contributed by atoms with Crippen molar-refractivity contribution in [2.75, 3.05) is 7.11 Å². The normalized spacial score (nSPS) is 11.0. The highest BCUT2D eigenvalue weighted by Gasteiger charge is 2.12. The van der Waals surface area contributed by atoms with Crippen LogP contribution in [0.5, 0.6) is 5.75 Å². The Morgan fingerprint density at radius 3 is 2.52 bits per heavy atom. The van der Waals surface area contributed by atoms with Crippen molar-refractivity contribution in [3.8, 4) is 16.9 Å². The largest absolute Gasteiger partial charge is 0.494 e. The van der Waals surface area contributed by atoms with Gasteiger partial charge in [0, 0.05) is 23.7 Å². The predicted octanol–water partition coefficient (Wildman–Crippen LogP) is 4.14. The van der Waals surface area contributed by atoms with Crippen molar-refractivity contribution in [1.82, 2.24) is 5.32 Å². The highest BCUT2D eigenvalue weighted by Crippen LogP contribution is 2.29. The predicted molar refractivity (Wildman–Crippen MR) is 80.3 cm³/mol. The molecule has 0 aliphatic carbocycles. The zero-order valence-electron chi connectivity index (χ0n) is 12.4. The lowest BCUT2D eigenvalue weighted by atomic mass is 10.0. The van der Waals surface area contributed by atoms with Gasteiger partial charge in [-0.25, -0.2) is 8.78 Å². The quantitative estimate of drug-likeness (QED) is 0.894. The fourth-order valence-electron chi connectivity index (χ4n) is 2.06. The molecule has 0 saturated heterocycles. The molecule has 2 nitrogen and oxygen atoms in total. The van der Waals surface area contributed by atoms with Gasteiger partial charge in [-0.3, -0.25) is 0 Å². The van der Waals surface area contributed by atoms with Crippen LogP contribution in [-0.4, -0.2) is 13.2 Å². The van der Waals surface area contributed by atoms with Gasteiger partial charge in [0.15, 0.2) is 11.6 Å². The lowest BCUT2D eigenvalue weighted by Crippen LogP contribution is -2.22. The number of halogens is 2. The number of ether oxygens (including phenoxy) is 1. The van der Waals surface area contributed by atoms with Crippen molar-refractivity contribution in [3.05, 3.63) is 53.6 Å². The molecule has 21 heavy (non-hydrogen) atoms. The summed E-state index contributed by atoms with van der Waals surface area (Å²) < 4.78 is 33.2. The number of rotatable bonds is 5. The van der Waals surface area contributed by atoms with E-state index in [1.165, 1.54) is 19.2 Å². The summed E-state index contributed by atoms with van der Waals surface area (Å²) in [6.45, 7) is 4.44. The maximum absolute atomic E-state index is 14.2. The summed E-state index contributed by atoms with van der Waals surface area (Å²) in [5, 5.41) is 3.16. The number of hydrogen-bond acceptors (Lipinski definition) is 2. The molecule has 1 N–H and O–H groups in total. The van der Waals surface area contributed by atoms with E-state index in [2.05, 4.69) is 5.32 Å². The molecule has 0 unspecified atom stereocenters. The Morgan fingerprint density at radius 2 is 1.90 bits per heavy atom. The molecule has 0 saturated carbocycles. The van der Waals surface area contributed by atoms with Crippen LogP contribution in [0.25, 0.3) is 11.1 Å². The average molecular weight is 291 g/mol. The van der Waals surface area contributed by atoms with Gasteiger partial charge in [-0.1, -0.05) is 38.1 Å². The average Bonchev–Trinajstić information content (AvgIpc) is 2.46. The van der Waals surface area contributed by atoms with E-state index >= 15 is 0 Å². The van der Waals surface area contributed by atoms with Gasteiger partial charge in [-0.15, -0.1) is 0 Å². The van der Waals surface area contributed by atoms with Crippen LogP contribution in [0.4, 0.5) is 8.78 Å². The van der Waals surface area contributed by atoms with Crippen molar-refractivity contribution in [1.29, 1.82) is 0 Å². The molecule has 112 valence electrons. The van der Waals surface area contributed by atoms with Gasteiger partial charge >= 0.3 is 0 Å². The summed E-state index contributed by atoms with van der Waals surface area (Å²) in [6.07, 6.45) is 0. The zero-order valence-corrected chi connectivity index (χ0v) is 12.4. The molecule has 0 bridgehead atoms. The molecule has 0 fully saturated rings. The molecule has 0 amide bonds. The molecule has 0 aromatic heterocycles. The van der Waals surface area contributed by atoms with E-state index in [0.717, 1.165) is 0 Å². The summed E-state index contributed by atoms with van der Waals surface area (Å²) in [6, 6.07) is 9.87. The van der Waals surface area contributed by atoms with Crippen molar-refractivity contribution in [3.63, 3.8) is 0 Å². The molecule has 0 heterocycles. The van der Waals surface area contributed by atoms with Crippen LogP contribution in [0.15, 0.2) is 36.4 Å². The number of methoxy groups -OCH3 is 1. The van der Waals surface area contributed by atoms with Gasteiger partial charge in [-0.2, -0.15) is 0 Å². The Bertz CT molecular complexity index is 626. The standard InChI is InChI=1S/C17H19F2NO/c1-11(2)20-10-13-8-7-12(9-15(13)18)14-5-4-6-16(21-3)17(14)19/h4-9,11,20H,10H2,1-3H3. The smallest absolute Gasteiger partial charge is 0.172 e. The molecule has 0 radical (unpaired) electrons. The van der Waals surface area contributed by atoms with Crippen LogP contribution >= 0.6 is 0 Å². The summed E-state index contributed by atoms with van der Waals surface area (Å²) in [5.74, 6) is -0.672. The minimum absolute atomic E-state index is 0.151. The molecular formula is C17H19F2NO. The summed E-state index contributed by atoms with van der Waals surface area (Å²) in [5.41, 5.74) is 1.39. The SMILES string of the molecule is COc1cccc(-c2ccc(CNC(C)C)c(F)c2)c1F. The molecule has 0 aliphatic rings. The van der Waals surface area contributed by atoms with Crippen LogP contribution in [-0.2, 0) is 6.54 Å². The minimum atomic E-state index is -0.479. The van der Waals surface area contributed by atoms with Gasteiger partial charge in [0.1, 0.15) is 5.82 Å². The molecule has 0 atom stereocenters. The third-order valence-electron chi connectivity index (χ3n) is 3.25. The first-order valence-corrected chi connectivity index (χ1v) is 6.87. The number of nitrogens with one attached hydrogen (secondary N) is 1. The summed E-state index contributed by atoms with van der Waals surface area (Å²) >= 11 is 0. The van der Waals surface area contributed by atoms with E-state index in [-0.39, 0.29) is 17.6 Å². The third kappa shape index (κ3) is 3.58. The second kappa shape index (κ2) is 6.68. The highest BCUT2D eigenvalue weighted by molar-refractivity contribution is 5.66. The Morgan fingerprint density at radius 1 is 1.14 bits per heavy atom. The number of benzene rings is 2. The van der Waals surface area contributed by atoms with Crippen LogP contribution in [0.1, 0.15) is 19.4 Å². The molecule has 2 aromatic carbocycles. The Balaban J connectivity index is 2.32. The van der Waals surface area contributed by atoms with Crippen molar-refractivity contribution in [2.45, 2.75) is 26.4 Å². The van der Waals surface area contributed by atoms with E-state index in [0.29, 0.717) is 23.2 Å². The van der Waals surface area contributed by atoms with Crippen LogP contribution < -0.4 is 10.1 Å². The van der Waals surface area contributed by atoms with Crippen LogP contribution in [0, 0.1) is 11.6 Å². The van der Waals surface area contributed by atoms with E-state index in [1.807, 2.05) is 13.8 Å². The van der Waals surface area contributed by atoms with Crippen LogP contribution in [0.3, 0.4) is 0 Å². The fourth-order valence-corrected chi connectivity index (χ4v) is 2.06. The summed E-state index contributed by atoms with van der Waals surface area (Å²) in [7, 11) is 1.41. The Kier molecular flexibility index (Phi) is 4.91. The monoisotopic (exact) mass is 291 g/mol. The maximum atomic E-state index is 14.2. The minimum Gasteiger partial charge on any atom is -0.494 e. The second-order valence-electron chi connectivity index (χ2n) is 5.16. The number of hydrogen-bond donors (Lipinski definition) is 1. The maximum Gasteiger partial charge on any atom is 0.172 e. The van der Waals surface area contributed by atoms with Gasteiger partial charge in [0.2, 0.25) is 0 Å². The van der Waals surface area contributed by atoms with Gasteiger partial charge in [0.25, 0.3) is 0 Å². The molecule has 0 spiro atoms. The van der Waals surface area contributed by atoms with E-state index in [4.69, 9.17) is 4.74 Å². The molecule has 2 rings (SSSR count). The van der Waals surface area contributed by atoms with E-state index in [9.17, 15) is 8.78 Å². The first-order valence-electron chi connectivity index (χ1n) is 6.87. The second-order valence-corrected chi connectivity index (χ2v) is 5.16. The first kappa shape index (κ1) is 15.4. The van der Waals surface area contributed by atoms with Crippen molar-refractivity contribution in [2.24, 2.45) is 0 Å². The van der Waals surface area contributed by atoms with Crippen molar-refractivity contribution < 1.29 is 13.5 Å². The lowest BCUT2D eigenvalue weighted by molar-refractivity contribution is 0.387. The summed E-state index contributed by atoms with van der Waals surface area (Å²) in [4.78, 5) is 0. The lowest BCUT2D eigenvalue weighted by Gasteiger charge is -2.11. The topological polar surface area (TPSA) is 21.3 Å². The molecule has 2 aromatic rings. The zero-order chi connectivity index (χ0) is 15.4. The third-order valence-corrected chi connectivity index (χ3v) is 3.25. The highest BCUT2D eigenvalue weighted by atomic mass is 19.1. The van der Waals surface area contributed by atoms with Gasteiger partial charge in [-0.05, 0) is 17.7 Å². The van der Waals surface area contributed by atoms with E-state index in [1.54, 1.807) is 24.3 Å².